The zero-order chi connectivity index (χ0) is 22.9. The molecule has 0 unspecified atom stereocenters. The summed E-state index contributed by atoms with van der Waals surface area (Å²) in [5, 5.41) is 5.50. The molecule has 1 aliphatic rings. The first-order chi connectivity index (χ1) is 16.1. The minimum Gasteiger partial charge on any atom is -0.383 e. The minimum absolute atomic E-state index is 0.152. The average Bonchev–Trinajstić information content (AvgIpc) is 3.22. The lowest BCUT2D eigenvalue weighted by Crippen LogP contribution is -2.42. The van der Waals surface area contributed by atoms with E-state index in [0.29, 0.717) is 15.9 Å². The number of benzene rings is 2. The summed E-state index contributed by atoms with van der Waals surface area (Å²) in [6.07, 6.45) is 3.83. The number of methoxy groups -OCH3 is 1. The summed E-state index contributed by atoms with van der Waals surface area (Å²) >= 11 is 1.48. The van der Waals surface area contributed by atoms with Crippen LogP contribution in [-0.2, 0) is 35.5 Å². The molecule has 1 N–H and O–H groups in total. The van der Waals surface area contributed by atoms with Gasteiger partial charge in [0.1, 0.15) is 11.4 Å². The van der Waals surface area contributed by atoms with Crippen molar-refractivity contribution in [2.75, 3.05) is 19.0 Å². The normalized spacial score (nSPS) is 13.4. The van der Waals surface area contributed by atoms with Crippen molar-refractivity contribution in [3.63, 3.8) is 0 Å². The molecule has 2 aromatic carbocycles. The van der Waals surface area contributed by atoms with Gasteiger partial charge in [-0.1, -0.05) is 36.4 Å². The van der Waals surface area contributed by atoms with E-state index < -0.39 is 5.69 Å². The third-order valence-corrected chi connectivity index (χ3v) is 7.52. The lowest BCUT2D eigenvalue weighted by Gasteiger charge is -2.14. The molecule has 0 aliphatic heterocycles. The molecule has 1 aliphatic carbocycles. The van der Waals surface area contributed by atoms with Gasteiger partial charge in [0.15, 0.2) is 0 Å². The van der Waals surface area contributed by atoms with Crippen LogP contribution in [0.1, 0.15) is 23.3 Å². The van der Waals surface area contributed by atoms with Crippen LogP contribution >= 0.6 is 11.3 Å². The molecule has 33 heavy (non-hydrogen) atoms. The van der Waals surface area contributed by atoms with E-state index in [1.54, 1.807) is 0 Å². The second kappa shape index (κ2) is 8.96. The summed E-state index contributed by atoms with van der Waals surface area (Å²) in [5.74, 6) is -0.307. The monoisotopic (exact) mass is 463 g/mol. The number of anilines is 1. The molecule has 0 atom stereocenters. The number of thiophene rings is 1. The number of rotatable bonds is 6. The van der Waals surface area contributed by atoms with Crippen LogP contribution in [0.25, 0.3) is 21.0 Å². The molecule has 0 radical (unpaired) electrons. The van der Waals surface area contributed by atoms with E-state index in [9.17, 15) is 14.4 Å². The standard InChI is InChI=1S/C25H25N3O4S/c1-32-14-13-27-23(30)22-18-10-4-5-12-20(18)33-24(22)28(25(27)31)15-21(29)26-19-11-6-8-16-7-2-3-9-17(16)19/h2-3,6-9,11H,4-5,10,12-15H2,1H3,(H,26,29). The van der Waals surface area contributed by atoms with E-state index in [1.807, 2.05) is 42.5 Å². The lowest BCUT2D eigenvalue weighted by molar-refractivity contribution is -0.116. The second-order valence-electron chi connectivity index (χ2n) is 8.28. The quantitative estimate of drug-likeness (QED) is 0.474. The van der Waals surface area contributed by atoms with Gasteiger partial charge in [-0.3, -0.25) is 18.7 Å². The van der Waals surface area contributed by atoms with Gasteiger partial charge in [0.25, 0.3) is 5.56 Å². The fraction of sp³-hybridized carbons (Fsp3) is 0.320. The van der Waals surface area contributed by atoms with Crippen molar-refractivity contribution in [1.29, 1.82) is 0 Å². The second-order valence-corrected chi connectivity index (χ2v) is 9.37. The summed E-state index contributed by atoms with van der Waals surface area (Å²) in [7, 11) is 1.53. The highest BCUT2D eigenvalue weighted by Gasteiger charge is 2.24. The van der Waals surface area contributed by atoms with Gasteiger partial charge in [-0.2, -0.15) is 0 Å². The van der Waals surface area contributed by atoms with Gasteiger partial charge in [-0.05, 0) is 42.7 Å². The van der Waals surface area contributed by atoms with E-state index >= 15 is 0 Å². The number of ether oxygens (including phenoxy) is 1. The lowest BCUT2D eigenvalue weighted by atomic mass is 9.97. The summed E-state index contributed by atoms with van der Waals surface area (Å²) in [6.45, 7) is 0.236. The highest BCUT2D eigenvalue weighted by molar-refractivity contribution is 7.18. The Morgan fingerprint density at radius 1 is 1.06 bits per heavy atom. The number of amides is 1. The van der Waals surface area contributed by atoms with Crippen LogP contribution in [0.2, 0.25) is 0 Å². The van der Waals surface area contributed by atoms with Crippen molar-refractivity contribution >= 4 is 43.9 Å². The molecule has 0 bridgehead atoms. The molecular formula is C25H25N3O4S. The number of nitrogens with zero attached hydrogens (tertiary/aromatic N) is 2. The van der Waals surface area contributed by atoms with Gasteiger partial charge in [0, 0.05) is 23.1 Å². The highest BCUT2D eigenvalue weighted by Crippen LogP contribution is 2.34. The van der Waals surface area contributed by atoms with Crippen molar-refractivity contribution in [2.45, 2.75) is 38.8 Å². The average molecular weight is 464 g/mol. The first-order valence-electron chi connectivity index (χ1n) is 11.1. The molecule has 1 amide bonds. The third kappa shape index (κ3) is 3.89. The fourth-order valence-corrected chi connectivity index (χ4v) is 5.98. The summed E-state index contributed by atoms with van der Waals surface area (Å²) < 4.78 is 7.78. The molecule has 0 saturated carbocycles. The molecule has 2 aromatic heterocycles. The van der Waals surface area contributed by atoms with Gasteiger partial charge in [-0.25, -0.2) is 4.79 Å². The number of fused-ring (bicyclic) bond motifs is 4. The summed E-state index contributed by atoms with van der Waals surface area (Å²) in [4.78, 5) is 41.4. The Morgan fingerprint density at radius 2 is 1.85 bits per heavy atom. The number of aromatic nitrogens is 2. The van der Waals surface area contributed by atoms with Crippen molar-refractivity contribution in [3.8, 4) is 0 Å². The summed E-state index contributed by atoms with van der Waals surface area (Å²) in [6, 6.07) is 13.5. The Hall–Kier alpha value is -3.23. The molecule has 0 saturated heterocycles. The molecule has 8 heteroatoms. The van der Waals surface area contributed by atoms with E-state index in [1.165, 1.54) is 27.6 Å². The number of carbonyl (C=O) groups is 1. The summed E-state index contributed by atoms with van der Waals surface area (Å²) in [5.41, 5.74) is 0.981. The maximum absolute atomic E-state index is 13.3. The molecule has 0 fully saturated rings. The predicted octanol–water partition coefficient (Wildman–Crippen LogP) is 3.54. The van der Waals surface area contributed by atoms with Gasteiger partial charge in [-0.15, -0.1) is 11.3 Å². The van der Waals surface area contributed by atoms with Gasteiger partial charge in [0.05, 0.1) is 18.5 Å². The van der Waals surface area contributed by atoms with Crippen molar-refractivity contribution in [3.05, 3.63) is 73.7 Å². The Labute approximate surface area is 194 Å². The van der Waals surface area contributed by atoms with E-state index in [-0.39, 0.29) is 31.2 Å². The molecule has 7 nitrogen and oxygen atoms in total. The molecule has 4 aromatic rings. The zero-order valence-electron chi connectivity index (χ0n) is 18.4. The molecular weight excluding hydrogens is 438 g/mol. The van der Waals surface area contributed by atoms with Crippen LogP contribution in [0, 0.1) is 0 Å². The van der Waals surface area contributed by atoms with Crippen LogP contribution < -0.4 is 16.6 Å². The minimum atomic E-state index is -0.476. The van der Waals surface area contributed by atoms with Gasteiger partial charge in [0.2, 0.25) is 5.91 Å². The van der Waals surface area contributed by atoms with E-state index in [2.05, 4.69) is 5.32 Å². The molecule has 2 heterocycles. The van der Waals surface area contributed by atoms with Crippen molar-refractivity contribution in [2.24, 2.45) is 0 Å². The van der Waals surface area contributed by atoms with Gasteiger partial charge < -0.3 is 10.1 Å². The molecule has 5 rings (SSSR count). The van der Waals surface area contributed by atoms with Crippen LogP contribution in [0.3, 0.4) is 0 Å². The van der Waals surface area contributed by atoms with Crippen LogP contribution in [0.5, 0.6) is 0 Å². The number of hydrogen-bond donors (Lipinski definition) is 1. The Morgan fingerprint density at radius 3 is 2.70 bits per heavy atom. The Balaban J connectivity index is 1.58. The predicted molar refractivity (Wildman–Crippen MR) is 131 cm³/mol. The SMILES string of the molecule is COCCn1c(=O)c2c3c(sc2n(CC(=O)Nc2cccc4ccccc24)c1=O)CCCC3. The zero-order valence-corrected chi connectivity index (χ0v) is 19.2. The van der Waals surface area contributed by atoms with E-state index in [0.717, 1.165) is 46.9 Å². The van der Waals surface area contributed by atoms with Crippen LogP contribution in [0.4, 0.5) is 5.69 Å². The largest absolute Gasteiger partial charge is 0.383 e. The number of nitrogens with one attached hydrogen (secondary N) is 1. The maximum Gasteiger partial charge on any atom is 0.332 e. The van der Waals surface area contributed by atoms with Gasteiger partial charge >= 0.3 is 5.69 Å². The number of aryl methyl sites for hydroxylation is 2. The fourth-order valence-electron chi connectivity index (χ4n) is 4.60. The topological polar surface area (TPSA) is 82.3 Å². The van der Waals surface area contributed by atoms with Crippen LogP contribution in [0.15, 0.2) is 52.1 Å². The third-order valence-electron chi connectivity index (χ3n) is 6.20. The molecule has 0 spiro atoms. The molecule has 170 valence electrons. The maximum atomic E-state index is 13.3. The van der Waals surface area contributed by atoms with E-state index in [4.69, 9.17) is 4.74 Å². The Kier molecular flexibility index (Phi) is 5.86. The number of carbonyl (C=O) groups excluding carboxylic acids is 1. The number of hydrogen-bond acceptors (Lipinski definition) is 5. The van der Waals surface area contributed by atoms with Crippen molar-refractivity contribution < 1.29 is 9.53 Å². The first kappa shape index (κ1) is 21.6. The Bertz CT molecular complexity index is 1480. The highest BCUT2D eigenvalue weighted by atomic mass is 32.1. The van der Waals surface area contributed by atoms with Crippen LogP contribution in [-0.4, -0.2) is 28.8 Å². The van der Waals surface area contributed by atoms with Crippen molar-refractivity contribution in [1.82, 2.24) is 9.13 Å². The first-order valence-corrected chi connectivity index (χ1v) is 11.9. The smallest absolute Gasteiger partial charge is 0.332 e.